The number of esters is 1. The van der Waals surface area contributed by atoms with E-state index < -0.39 is 30.3 Å². The number of allylic oxidation sites excluding steroid dienone is 5. The van der Waals surface area contributed by atoms with Crippen molar-refractivity contribution in [1.82, 2.24) is 0 Å². The molecule has 1 aromatic rings. The predicted octanol–water partition coefficient (Wildman–Crippen LogP) is 5.46. The van der Waals surface area contributed by atoms with Crippen LogP contribution in [0.4, 0.5) is 0 Å². The van der Waals surface area contributed by atoms with Crippen molar-refractivity contribution < 1.29 is 29.6 Å². The van der Waals surface area contributed by atoms with Gasteiger partial charge in [-0.2, -0.15) is 0 Å². The number of benzene rings is 1. The number of cyclic esters (lactones) is 1. The number of hydrogen-bond donors (Lipinski definition) is 3. The lowest BCUT2D eigenvalue weighted by Gasteiger charge is -2.23. The van der Waals surface area contributed by atoms with E-state index in [1.165, 1.54) is 17.2 Å². The molecule has 0 unspecified atom stereocenters. The summed E-state index contributed by atoms with van der Waals surface area (Å²) in [7, 11) is 0. The Morgan fingerprint density at radius 2 is 1.97 bits per heavy atom. The molecule has 0 spiro atoms. The second-order valence-electron chi connectivity index (χ2n) is 9.66. The fourth-order valence-corrected chi connectivity index (χ4v) is 4.20. The Bertz CT molecular complexity index is 957. The topological polar surface area (TPSA) is 104 Å². The second kappa shape index (κ2) is 15.9. The van der Waals surface area contributed by atoms with Crippen LogP contribution in [0, 0.1) is 0 Å². The Morgan fingerprint density at radius 1 is 1.22 bits per heavy atom. The van der Waals surface area contributed by atoms with Gasteiger partial charge in [0, 0.05) is 18.9 Å². The Balaban J connectivity index is 2.03. The van der Waals surface area contributed by atoms with E-state index in [1.54, 1.807) is 0 Å². The van der Waals surface area contributed by atoms with Crippen molar-refractivity contribution in [3.05, 3.63) is 83.0 Å². The molecule has 1 aliphatic rings. The van der Waals surface area contributed by atoms with Crippen LogP contribution < -0.4 is 0 Å². The lowest BCUT2D eigenvalue weighted by molar-refractivity contribution is -0.146. The molecular weight excluding hydrogens is 456 g/mol. The van der Waals surface area contributed by atoms with Crippen molar-refractivity contribution in [2.45, 2.75) is 89.9 Å². The fourth-order valence-electron chi connectivity index (χ4n) is 4.20. The van der Waals surface area contributed by atoms with Gasteiger partial charge in [0.15, 0.2) is 0 Å². The number of carboxylic acids is 1. The van der Waals surface area contributed by atoms with Gasteiger partial charge in [-0.1, -0.05) is 65.8 Å². The molecule has 1 aliphatic heterocycles. The van der Waals surface area contributed by atoms with Gasteiger partial charge in [0.05, 0.1) is 18.6 Å². The average Bonchev–Trinajstić information content (AvgIpc) is 2.80. The van der Waals surface area contributed by atoms with Crippen LogP contribution in [0.5, 0.6) is 0 Å². The first-order valence-corrected chi connectivity index (χ1v) is 12.7. The van der Waals surface area contributed by atoms with Crippen molar-refractivity contribution in [3.8, 4) is 0 Å². The summed E-state index contributed by atoms with van der Waals surface area (Å²) >= 11 is 0. The average molecular weight is 497 g/mol. The number of rotatable bonds is 9. The summed E-state index contributed by atoms with van der Waals surface area (Å²) in [4.78, 5) is 23.8. The molecule has 3 N–H and O–H groups in total. The van der Waals surface area contributed by atoms with E-state index in [0.29, 0.717) is 37.7 Å². The molecule has 0 aliphatic carbocycles. The Hall–Kier alpha value is -2.96. The van der Waals surface area contributed by atoms with Gasteiger partial charge < -0.3 is 20.1 Å². The standard InChI is InChI=1S/C30H40O6/c1-22(13-15-24-10-6-4-7-11-24)14-16-26(31)20-28-21-27(32)17-23(2)9-5-3-8-12-25(18-29(33)34)19-30(35)36-28/h3-4,6-11,13,19,26-28,31-32H,5,12,14-18,20-21H2,1-2H3,(H,33,34)/b8-3+,22-13+,23-9+,25-19+/t26-,27-,28+/m1/s1. The van der Waals surface area contributed by atoms with Crippen molar-refractivity contribution in [3.63, 3.8) is 0 Å². The maximum absolute atomic E-state index is 12.6. The number of hydrogen-bond acceptors (Lipinski definition) is 5. The summed E-state index contributed by atoms with van der Waals surface area (Å²) in [5, 5.41) is 30.5. The molecule has 1 aromatic carbocycles. The fraction of sp³-hybridized carbons (Fsp3) is 0.467. The second-order valence-corrected chi connectivity index (χ2v) is 9.66. The van der Waals surface area contributed by atoms with Gasteiger partial charge in [-0.05, 0) is 63.5 Å². The minimum atomic E-state index is -1.02. The van der Waals surface area contributed by atoms with E-state index >= 15 is 0 Å². The van der Waals surface area contributed by atoms with Crippen molar-refractivity contribution in [2.75, 3.05) is 0 Å². The van der Waals surface area contributed by atoms with Crippen molar-refractivity contribution in [1.29, 1.82) is 0 Å². The molecule has 196 valence electrons. The molecular formula is C30H40O6. The van der Waals surface area contributed by atoms with Crippen LogP contribution in [-0.4, -0.2) is 45.6 Å². The number of aliphatic hydroxyl groups is 2. The van der Waals surface area contributed by atoms with Crippen LogP contribution in [0.25, 0.3) is 0 Å². The van der Waals surface area contributed by atoms with Crippen LogP contribution >= 0.6 is 0 Å². The molecule has 2 rings (SSSR count). The molecule has 6 heteroatoms. The zero-order valence-electron chi connectivity index (χ0n) is 21.4. The van der Waals surface area contributed by atoms with E-state index in [-0.39, 0.29) is 19.3 Å². The predicted molar refractivity (Wildman–Crippen MR) is 141 cm³/mol. The largest absolute Gasteiger partial charge is 0.481 e. The van der Waals surface area contributed by atoms with Gasteiger partial charge in [0.1, 0.15) is 6.10 Å². The lowest BCUT2D eigenvalue weighted by Crippen LogP contribution is -2.28. The molecule has 0 saturated heterocycles. The van der Waals surface area contributed by atoms with Gasteiger partial charge in [-0.3, -0.25) is 4.79 Å². The minimum absolute atomic E-state index is 0.203. The molecule has 0 aromatic heterocycles. The molecule has 1 heterocycles. The van der Waals surface area contributed by atoms with Crippen molar-refractivity contribution in [2.24, 2.45) is 0 Å². The van der Waals surface area contributed by atoms with Crippen molar-refractivity contribution >= 4 is 11.9 Å². The number of carboxylic acid groups (broad SMARTS) is 1. The van der Waals surface area contributed by atoms with E-state index in [0.717, 1.165) is 12.0 Å². The summed E-state index contributed by atoms with van der Waals surface area (Å²) in [6.45, 7) is 3.98. The summed E-state index contributed by atoms with van der Waals surface area (Å²) < 4.78 is 5.61. The van der Waals surface area contributed by atoms with Crippen LogP contribution in [0.3, 0.4) is 0 Å². The Labute approximate surface area is 214 Å². The number of carbonyl (C=O) groups is 2. The molecule has 0 saturated carbocycles. The zero-order valence-corrected chi connectivity index (χ0v) is 21.4. The first kappa shape index (κ1) is 29.3. The van der Waals surface area contributed by atoms with Crippen LogP contribution in [0.2, 0.25) is 0 Å². The monoisotopic (exact) mass is 496 g/mol. The first-order chi connectivity index (χ1) is 17.2. The van der Waals surface area contributed by atoms with Gasteiger partial charge in [0.2, 0.25) is 0 Å². The van der Waals surface area contributed by atoms with E-state index in [1.807, 2.05) is 50.3 Å². The highest BCUT2D eigenvalue weighted by Gasteiger charge is 2.22. The van der Waals surface area contributed by atoms with Gasteiger partial charge in [0.25, 0.3) is 0 Å². The quantitative estimate of drug-likeness (QED) is 0.310. The molecule has 0 bridgehead atoms. The minimum Gasteiger partial charge on any atom is -0.481 e. The third-order valence-electron chi connectivity index (χ3n) is 6.16. The Kier molecular flexibility index (Phi) is 12.9. The molecule has 0 radical (unpaired) electrons. The van der Waals surface area contributed by atoms with E-state index in [4.69, 9.17) is 4.74 Å². The maximum atomic E-state index is 12.6. The molecule has 0 amide bonds. The highest BCUT2D eigenvalue weighted by molar-refractivity contribution is 5.84. The summed E-state index contributed by atoms with van der Waals surface area (Å²) in [5.74, 6) is -1.66. The molecule has 0 fully saturated rings. The van der Waals surface area contributed by atoms with Crippen LogP contribution in [0.1, 0.15) is 70.8 Å². The highest BCUT2D eigenvalue weighted by atomic mass is 16.5. The van der Waals surface area contributed by atoms with E-state index in [9.17, 15) is 24.9 Å². The van der Waals surface area contributed by atoms with Gasteiger partial charge in [-0.15, -0.1) is 0 Å². The van der Waals surface area contributed by atoms with Crippen LogP contribution in [0.15, 0.2) is 77.4 Å². The van der Waals surface area contributed by atoms with Crippen LogP contribution in [-0.2, 0) is 20.7 Å². The SMILES string of the molecule is C/C(=C\Cc1ccccc1)CC[C@@H](O)C[C@H]1C[C@H](O)C/C(C)=C/C/C=C/C/C(CC(=O)O)=C\C(=O)O1. The lowest BCUT2D eigenvalue weighted by atomic mass is 9.97. The molecule has 36 heavy (non-hydrogen) atoms. The summed E-state index contributed by atoms with van der Waals surface area (Å²) in [6.07, 6.45) is 10.8. The highest BCUT2D eigenvalue weighted by Crippen LogP contribution is 2.20. The van der Waals surface area contributed by atoms with E-state index in [2.05, 4.69) is 18.2 Å². The number of ether oxygens (including phenoxy) is 1. The number of aliphatic carboxylic acids is 1. The van der Waals surface area contributed by atoms with Gasteiger partial charge >= 0.3 is 11.9 Å². The first-order valence-electron chi connectivity index (χ1n) is 12.7. The Morgan fingerprint density at radius 3 is 2.69 bits per heavy atom. The van der Waals surface area contributed by atoms with Gasteiger partial charge in [-0.25, -0.2) is 4.79 Å². The number of carbonyl (C=O) groups excluding carboxylic acids is 1. The smallest absolute Gasteiger partial charge is 0.331 e. The third-order valence-corrected chi connectivity index (χ3v) is 6.16. The maximum Gasteiger partial charge on any atom is 0.331 e. The zero-order chi connectivity index (χ0) is 26.3. The molecule has 6 nitrogen and oxygen atoms in total. The molecule has 3 atom stereocenters. The summed E-state index contributed by atoms with van der Waals surface area (Å²) in [5.41, 5.74) is 3.88. The third kappa shape index (κ3) is 12.7. The summed E-state index contributed by atoms with van der Waals surface area (Å²) in [6, 6.07) is 10.2. The normalized spacial score (nSPS) is 24.9. The number of aliphatic hydroxyl groups excluding tert-OH is 2.